The number of nitrogens with zero attached hydrogens (tertiary/aromatic N) is 1. The van der Waals surface area contributed by atoms with Gasteiger partial charge in [0, 0.05) is 0 Å². The van der Waals surface area contributed by atoms with Crippen LogP contribution < -0.4 is 11.2 Å². The first-order valence-corrected chi connectivity index (χ1v) is 5.60. The van der Waals surface area contributed by atoms with E-state index in [-0.39, 0.29) is 0 Å². The average Bonchev–Trinajstić information content (AvgIpc) is 2.85. The third kappa shape index (κ3) is 2.37. The molecule has 2 amide bonds. The van der Waals surface area contributed by atoms with Gasteiger partial charge in [0.15, 0.2) is 0 Å². The molecule has 0 unspecified atom stereocenters. The normalized spacial score (nSPS) is 23.9. The summed E-state index contributed by atoms with van der Waals surface area (Å²) in [7, 11) is 0. The van der Waals surface area contributed by atoms with Crippen molar-refractivity contribution in [1.82, 2.24) is 5.43 Å². The van der Waals surface area contributed by atoms with Gasteiger partial charge in [-0.2, -0.15) is 5.10 Å². The fraction of sp³-hybridized carbons (Fsp3) is 0.636. The number of amides is 2. The first-order valence-electron chi connectivity index (χ1n) is 5.60. The molecule has 2 rings (SSSR count). The second-order valence-corrected chi connectivity index (χ2v) is 4.18. The fourth-order valence-corrected chi connectivity index (χ4v) is 2.46. The van der Waals surface area contributed by atoms with Gasteiger partial charge >= 0.3 is 6.03 Å². The Morgan fingerprint density at radius 1 is 1.13 bits per heavy atom. The summed E-state index contributed by atoms with van der Waals surface area (Å²) in [5.74, 6) is 0. The van der Waals surface area contributed by atoms with Crippen molar-refractivity contribution in [1.29, 1.82) is 0 Å². The third-order valence-electron chi connectivity index (χ3n) is 3.12. The fourth-order valence-electron chi connectivity index (χ4n) is 2.46. The van der Waals surface area contributed by atoms with E-state index in [9.17, 15) is 4.79 Å². The number of carbonyl (C=O) groups excluding carboxylic acids is 1. The molecule has 0 aromatic rings. The van der Waals surface area contributed by atoms with Crippen LogP contribution in [0.4, 0.5) is 4.79 Å². The Balaban J connectivity index is 2.14. The predicted molar refractivity (Wildman–Crippen MR) is 59.5 cm³/mol. The average molecular weight is 207 g/mol. The van der Waals surface area contributed by atoms with Crippen molar-refractivity contribution < 1.29 is 4.79 Å². The number of urea groups is 1. The molecule has 4 heteroatoms. The quantitative estimate of drug-likeness (QED) is 0.635. The molecule has 0 spiro atoms. The molecular weight excluding hydrogens is 190 g/mol. The number of primary amides is 1. The van der Waals surface area contributed by atoms with Crippen LogP contribution >= 0.6 is 0 Å². The monoisotopic (exact) mass is 207 g/mol. The topological polar surface area (TPSA) is 67.5 Å². The number of nitrogens with two attached hydrogens (primary N) is 1. The van der Waals surface area contributed by atoms with E-state index in [1.54, 1.807) is 5.57 Å². The van der Waals surface area contributed by atoms with Gasteiger partial charge in [-0.25, -0.2) is 10.2 Å². The molecule has 0 bridgehead atoms. The smallest absolute Gasteiger partial charge is 0.332 e. The van der Waals surface area contributed by atoms with E-state index in [0.29, 0.717) is 0 Å². The van der Waals surface area contributed by atoms with Crippen molar-refractivity contribution in [3.05, 3.63) is 11.1 Å². The lowest BCUT2D eigenvalue weighted by atomic mass is 10.0. The van der Waals surface area contributed by atoms with E-state index in [1.807, 2.05) is 0 Å². The second kappa shape index (κ2) is 4.47. The molecule has 2 aliphatic carbocycles. The standard InChI is InChI=1S/C11H17N3O/c12-11(15)14-13-10-7-3-6-9(10)8-4-1-2-5-8/h1-7H2,(H3,12,14,15). The maximum atomic E-state index is 10.6. The van der Waals surface area contributed by atoms with Crippen molar-refractivity contribution in [3.8, 4) is 0 Å². The highest BCUT2D eigenvalue weighted by Gasteiger charge is 2.21. The van der Waals surface area contributed by atoms with Crippen LogP contribution in [0.5, 0.6) is 0 Å². The second-order valence-electron chi connectivity index (χ2n) is 4.18. The van der Waals surface area contributed by atoms with Gasteiger partial charge in [-0.1, -0.05) is 5.57 Å². The third-order valence-corrected chi connectivity index (χ3v) is 3.12. The molecule has 2 saturated carbocycles. The van der Waals surface area contributed by atoms with E-state index in [2.05, 4.69) is 10.5 Å². The number of carbonyl (C=O) groups is 1. The summed E-state index contributed by atoms with van der Waals surface area (Å²) < 4.78 is 0. The highest BCUT2D eigenvalue weighted by atomic mass is 16.2. The Morgan fingerprint density at radius 2 is 1.87 bits per heavy atom. The van der Waals surface area contributed by atoms with Gasteiger partial charge in [0.25, 0.3) is 0 Å². The van der Waals surface area contributed by atoms with Crippen molar-refractivity contribution in [2.45, 2.75) is 44.9 Å². The van der Waals surface area contributed by atoms with Crippen molar-refractivity contribution >= 4 is 11.7 Å². The Morgan fingerprint density at radius 3 is 2.53 bits per heavy atom. The Labute approximate surface area is 89.6 Å². The maximum Gasteiger partial charge on any atom is 0.332 e. The summed E-state index contributed by atoms with van der Waals surface area (Å²) in [4.78, 5) is 10.6. The van der Waals surface area contributed by atoms with Crippen LogP contribution in [0.3, 0.4) is 0 Å². The summed E-state index contributed by atoms with van der Waals surface area (Å²) in [6.45, 7) is 0. The summed E-state index contributed by atoms with van der Waals surface area (Å²) in [6.07, 6.45) is 8.27. The molecule has 4 nitrogen and oxygen atoms in total. The molecule has 3 N–H and O–H groups in total. The Kier molecular flexibility index (Phi) is 3.04. The zero-order chi connectivity index (χ0) is 10.7. The van der Waals surface area contributed by atoms with Crippen molar-refractivity contribution in [2.75, 3.05) is 0 Å². The maximum absolute atomic E-state index is 10.6. The van der Waals surface area contributed by atoms with Crippen LogP contribution in [0.25, 0.3) is 0 Å². The van der Waals surface area contributed by atoms with Gasteiger partial charge in [-0.05, 0) is 50.5 Å². The zero-order valence-corrected chi connectivity index (χ0v) is 8.88. The number of hydrazone groups is 1. The summed E-state index contributed by atoms with van der Waals surface area (Å²) in [5.41, 5.74) is 11.3. The Bertz CT molecular complexity index is 323. The molecular formula is C11H17N3O. The molecule has 0 atom stereocenters. The van der Waals surface area contributed by atoms with Gasteiger partial charge in [-0.3, -0.25) is 0 Å². The number of nitrogens with one attached hydrogen (secondary N) is 1. The molecule has 0 aromatic heterocycles. The lowest BCUT2D eigenvalue weighted by molar-refractivity contribution is 0.249. The molecule has 0 saturated heterocycles. The van der Waals surface area contributed by atoms with Crippen LogP contribution in [-0.4, -0.2) is 11.7 Å². The summed E-state index contributed by atoms with van der Waals surface area (Å²) in [6, 6.07) is -0.579. The SMILES string of the molecule is NC(=O)NN=C1CCCC1=C1CCCC1. The number of hydrogen-bond donors (Lipinski definition) is 2. The van der Waals surface area contributed by atoms with Crippen molar-refractivity contribution in [3.63, 3.8) is 0 Å². The largest absolute Gasteiger partial charge is 0.350 e. The van der Waals surface area contributed by atoms with Gasteiger partial charge in [0.1, 0.15) is 0 Å². The van der Waals surface area contributed by atoms with Crippen LogP contribution in [-0.2, 0) is 0 Å². The van der Waals surface area contributed by atoms with E-state index in [1.165, 1.54) is 31.3 Å². The minimum atomic E-state index is -0.579. The first-order chi connectivity index (χ1) is 7.27. The van der Waals surface area contributed by atoms with E-state index in [4.69, 9.17) is 5.73 Å². The molecule has 2 fully saturated rings. The van der Waals surface area contributed by atoms with Gasteiger partial charge in [0.2, 0.25) is 0 Å². The minimum absolute atomic E-state index is 0.579. The number of hydrogen-bond acceptors (Lipinski definition) is 2. The van der Waals surface area contributed by atoms with Crippen LogP contribution in [0.15, 0.2) is 16.2 Å². The lowest BCUT2D eigenvalue weighted by Gasteiger charge is -2.05. The van der Waals surface area contributed by atoms with E-state index < -0.39 is 6.03 Å². The van der Waals surface area contributed by atoms with Crippen molar-refractivity contribution in [2.24, 2.45) is 10.8 Å². The summed E-state index contributed by atoms with van der Waals surface area (Å²) >= 11 is 0. The van der Waals surface area contributed by atoms with Crippen LogP contribution in [0, 0.1) is 0 Å². The molecule has 0 aromatic carbocycles. The first kappa shape index (κ1) is 10.2. The number of allylic oxidation sites excluding steroid dienone is 2. The highest BCUT2D eigenvalue weighted by Crippen LogP contribution is 2.33. The predicted octanol–water partition coefficient (Wildman–Crippen LogP) is 2.07. The molecule has 82 valence electrons. The van der Waals surface area contributed by atoms with Gasteiger partial charge in [-0.15, -0.1) is 0 Å². The molecule has 0 heterocycles. The van der Waals surface area contributed by atoms with Gasteiger partial charge < -0.3 is 5.73 Å². The van der Waals surface area contributed by atoms with Crippen LogP contribution in [0.1, 0.15) is 44.9 Å². The molecule has 0 aliphatic heterocycles. The van der Waals surface area contributed by atoms with E-state index >= 15 is 0 Å². The Hall–Kier alpha value is -1.32. The number of rotatable bonds is 1. The molecule has 0 radical (unpaired) electrons. The van der Waals surface area contributed by atoms with Crippen LogP contribution in [0.2, 0.25) is 0 Å². The van der Waals surface area contributed by atoms with E-state index in [0.717, 1.165) is 25.0 Å². The van der Waals surface area contributed by atoms with Gasteiger partial charge in [0.05, 0.1) is 5.71 Å². The minimum Gasteiger partial charge on any atom is -0.350 e. The zero-order valence-electron chi connectivity index (χ0n) is 8.88. The molecule has 2 aliphatic rings. The molecule has 15 heavy (non-hydrogen) atoms. The summed E-state index contributed by atoms with van der Waals surface area (Å²) in [5, 5.41) is 4.08. The lowest BCUT2D eigenvalue weighted by Crippen LogP contribution is -2.25. The highest BCUT2D eigenvalue weighted by molar-refractivity contribution is 6.03.